The summed E-state index contributed by atoms with van der Waals surface area (Å²) in [7, 11) is 0. The van der Waals surface area contributed by atoms with Crippen LogP contribution in [0, 0.1) is 6.92 Å². The van der Waals surface area contributed by atoms with Gasteiger partial charge in [0.15, 0.2) is 0 Å². The van der Waals surface area contributed by atoms with E-state index in [0.717, 1.165) is 34.6 Å². The summed E-state index contributed by atoms with van der Waals surface area (Å²) in [5.41, 5.74) is 2.87. The number of hydrogen-bond donors (Lipinski definition) is 1. The van der Waals surface area contributed by atoms with Crippen LogP contribution in [0.4, 0.5) is 0 Å². The van der Waals surface area contributed by atoms with Crippen LogP contribution >= 0.6 is 36.6 Å². The Balaban J connectivity index is 2.67. The average Bonchev–Trinajstić information content (AvgIpc) is 2.54. The van der Waals surface area contributed by atoms with Crippen molar-refractivity contribution in [3.8, 4) is 0 Å². The summed E-state index contributed by atoms with van der Waals surface area (Å²) in [5, 5.41) is 0.393. The molecule has 0 aliphatic rings. The molecule has 0 heterocycles. The summed E-state index contributed by atoms with van der Waals surface area (Å²) >= 11 is 11.3. The standard InChI is InChI=1S/C19H26OS3/c1-4-5-6-10-16(13-21)23-19(20)15(3)12-18(22)17-11-8-7-9-14(17)2/h7-9,11-12,16,21H,4-6,10,13H2,1-3H3/b15-12+. The summed E-state index contributed by atoms with van der Waals surface area (Å²) < 4.78 is 0. The molecule has 0 saturated carbocycles. The molecular formula is C19H26OS3. The van der Waals surface area contributed by atoms with Gasteiger partial charge in [0.25, 0.3) is 0 Å². The molecule has 23 heavy (non-hydrogen) atoms. The van der Waals surface area contributed by atoms with Gasteiger partial charge in [0.05, 0.1) is 0 Å². The molecule has 126 valence electrons. The van der Waals surface area contributed by atoms with Gasteiger partial charge in [-0.05, 0) is 37.5 Å². The molecule has 1 aromatic carbocycles. The predicted molar refractivity (Wildman–Crippen MR) is 111 cm³/mol. The zero-order valence-electron chi connectivity index (χ0n) is 14.2. The molecule has 0 aromatic heterocycles. The topological polar surface area (TPSA) is 17.1 Å². The van der Waals surface area contributed by atoms with Crippen molar-refractivity contribution in [1.29, 1.82) is 0 Å². The summed E-state index contributed by atoms with van der Waals surface area (Å²) in [6.45, 7) is 6.07. The van der Waals surface area contributed by atoms with Crippen LogP contribution in [0.5, 0.6) is 0 Å². The van der Waals surface area contributed by atoms with Crippen LogP contribution in [-0.4, -0.2) is 21.0 Å². The summed E-state index contributed by atoms with van der Waals surface area (Å²) in [6.07, 6.45) is 6.44. The fourth-order valence-electron chi connectivity index (χ4n) is 2.24. The van der Waals surface area contributed by atoms with Gasteiger partial charge in [-0.2, -0.15) is 12.6 Å². The maximum Gasteiger partial charge on any atom is 0.215 e. The van der Waals surface area contributed by atoms with Crippen LogP contribution in [0.1, 0.15) is 50.7 Å². The van der Waals surface area contributed by atoms with E-state index in [1.54, 1.807) is 0 Å². The second-order valence-electron chi connectivity index (χ2n) is 5.71. The van der Waals surface area contributed by atoms with Gasteiger partial charge in [-0.25, -0.2) is 0 Å². The van der Waals surface area contributed by atoms with E-state index in [1.807, 2.05) is 44.2 Å². The smallest absolute Gasteiger partial charge is 0.215 e. The van der Waals surface area contributed by atoms with E-state index < -0.39 is 0 Å². The lowest BCUT2D eigenvalue weighted by Crippen LogP contribution is -2.10. The molecule has 1 rings (SSSR count). The van der Waals surface area contributed by atoms with Gasteiger partial charge in [0.2, 0.25) is 5.12 Å². The van der Waals surface area contributed by atoms with Crippen LogP contribution < -0.4 is 0 Å². The number of thioether (sulfide) groups is 1. The molecule has 0 fully saturated rings. The third-order valence-corrected chi connectivity index (χ3v) is 5.98. The Morgan fingerprint density at radius 1 is 1.35 bits per heavy atom. The minimum Gasteiger partial charge on any atom is -0.282 e. The van der Waals surface area contributed by atoms with Crippen LogP contribution in [0.15, 0.2) is 35.9 Å². The number of carbonyl (C=O) groups excluding carboxylic acids is 1. The Labute approximate surface area is 155 Å². The third-order valence-electron chi connectivity index (χ3n) is 3.69. The van der Waals surface area contributed by atoms with Crippen molar-refractivity contribution in [3.05, 3.63) is 47.0 Å². The average molecular weight is 367 g/mol. The van der Waals surface area contributed by atoms with Crippen molar-refractivity contribution in [2.75, 3.05) is 5.75 Å². The van der Waals surface area contributed by atoms with Gasteiger partial charge >= 0.3 is 0 Å². The Bertz CT molecular complexity index is 563. The van der Waals surface area contributed by atoms with Crippen molar-refractivity contribution < 1.29 is 4.79 Å². The third kappa shape index (κ3) is 7.23. The minimum atomic E-state index is 0.108. The van der Waals surface area contributed by atoms with Gasteiger partial charge in [-0.15, -0.1) is 0 Å². The van der Waals surface area contributed by atoms with Gasteiger partial charge in [0.1, 0.15) is 0 Å². The maximum absolute atomic E-state index is 12.4. The molecule has 1 nitrogen and oxygen atoms in total. The van der Waals surface area contributed by atoms with Crippen LogP contribution in [-0.2, 0) is 4.79 Å². The number of thiol groups is 1. The number of hydrogen-bond acceptors (Lipinski definition) is 4. The number of rotatable bonds is 9. The Morgan fingerprint density at radius 2 is 2.04 bits per heavy atom. The van der Waals surface area contributed by atoms with Crippen molar-refractivity contribution in [2.45, 2.75) is 51.7 Å². The molecule has 0 amide bonds. The van der Waals surface area contributed by atoms with E-state index in [9.17, 15) is 4.79 Å². The molecule has 0 aliphatic heterocycles. The lowest BCUT2D eigenvalue weighted by Gasteiger charge is -2.13. The quantitative estimate of drug-likeness (QED) is 0.196. The predicted octanol–water partition coefficient (Wildman–Crippen LogP) is 5.80. The summed E-state index contributed by atoms with van der Waals surface area (Å²) in [5.74, 6) is 0.732. The maximum atomic E-state index is 12.4. The number of allylic oxidation sites excluding steroid dienone is 1. The zero-order chi connectivity index (χ0) is 17.2. The Hall–Kier alpha value is -0.580. The Morgan fingerprint density at radius 3 is 2.65 bits per heavy atom. The number of benzene rings is 1. The van der Waals surface area contributed by atoms with E-state index in [1.165, 1.54) is 24.6 Å². The molecule has 4 heteroatoms. The SMILES string of the molecule is CCCCCC(CS)SC(=O)/C(C)=C/C(=S)c1ccccc1C. The van der Waals surface area contributed by atoms with Crippen molar-refractivity contribution in [1.82, 2.24) is 0 Å². The summed E-state index contributed by atoms with van der Waals surface area (Å²) in [6, 6.07) is 8.00. The Kier molecular flexibility index (Phi) is 9.84. The molecule has 0 aliphatic carbocycles. The van der Waals surface area contributed by atoms with Gasteiger partial charge in [-0.1, -0.05) is 74.4 Å². The molecule has 0 radical (unpaired) electrons. The highest BCUT2D eigenvalue weighted by Gasteiger charge is 2.15. The molecule has 1 aromatic rings. The van der Waals surface area contributed by atoms with Crippen molar-refractivity contribution >= 4 is 46.6 Å². The second kappa shape index (κ2) is 11.1. The molecule has 1 unspecified atom stereocenters. The number of thiocarbonyl (C=S) groups is 1. The molecule has 0 bridgehead atoms. The van der Waals surface area contributed by atoms with Crippen molar-refractivity contribution in [2.24, 2.45) is 0 Å². The van der Waals surface area contributed by atoms with Gasteiger partial charge in [-0.3, -0.25) is 4.79 Å². The van der Waals surface area contributed by atoms with Gasteiger partial charge < -0.3 is 0 Å². The van der Waals surface area contributed by atoms with Crippen LogP contribution in [0.25, 0.3) is 0 Å². The van der Waals surface area contributed by atoms with Crippen LogP contribution in [0.3, 0.4) is 0 Å². The first-order valence-corrected chi connectivity index (χ1v) is 10.0. The molecule has 0 spiro atoms. The molecule has 1 atom stereocenters. The lowest BCUT2D eigenvalue weighted by atomic mass is 10.0. The molecule has 0 saturated heterocycles. The van der Waals surface area contributed by atoms with Gasteiger partial charge in [0, 0.05) is 21.4 Å². The highest BCUT2D eigenvalue weighted by atomic mass is 32.2. The molecular weight excluding hydrogens is 340 g/mol. The van der Waals surface area contributed by atoms with E-state index in [-0.39, 0.29) is 10.4 Å². The molecule has 0 N–H and O–H groups in total. The highest BCUT2D eigenvalue weighted by Crippen LogP contribution is 2.23. The second-order valence-corrected chi connectivity index (χ2v) is 7.79. The first kappa shape index (κ1) is 20.5. The van der Waals surface area contributed by atoms with E-state index in [4.69, 9.17) is 12.2 Å². The largest absolute Gasteiger partial charge is 0.282 e. The van der Waals surface area contributed by atoms with E-state index in [2.05, 4.69) is 19.6 Å². The van der Waals surface area contributed by atoms with E-state index in [0.29, 0.717) is 5.57 Å². The number of unbranched alkanes of at least 4 members (excludes halogenated alkanes) is 2. The summed E-state index contributed by atoms with van der Waals surface area (Å²) in [4.78, 5) is 13.1. The highest BCUT2D eigenvalue weighted by molar-refractivity contribution is 8.15. The normalized spacial score (nSPS) is 13.0. The van der Waals surface area contributed by atoms with Crippen LogP contribution in [0.2, 0.25) is 0 Å². The number of carbonyl (C=O) groups is 1. The van der Waals surface area contributed by atoms with E-state index >= 15 is 0 Å². The minimum absolute atomic E-state index is 0.108. The first-order valence-electron chi connectivity index (χ1n) is 8.09. The fourth-order valence-corrected chi connectivity index (χ4v) is 3.96. The first-order chi connectivity index (χ1) is 11.0. The monoisotopic (exact) mass is 366 g/mol. The number of aryl methyl sites for hydroxylation is 1. The zero-order valence-corrected chi connectivity index (χ0v) is 16.7. The van der Waals surface area contributed by atoms with Crippen molar-refractivity contribution in [3.63, 3.8) is 0 Å². The fraction of sp³-hybridized carbons (Fsp3) is 0.474. The lowest BCUT2D eigenvalue weighted by molar-refractivity contribution is -0.107.